The van der Waals surface area contributed by atoms with E-state index >= 15 is 0 Å². The maximum atomic E-state index is 13.0. The Labute approximate surface area is 184 Å². The first-order valence-corrected chi connectivity index (χ1v) is 11.7. The maximum Gasteiger partial charge on any atom is 0.238 e. The predicted molar refractivity (Wildman–Crippen MR) is 123 cm³/mol. The van der Waals surface area contributed by atoms with Crippen molar-refractivity contribution >= 4 is 45.9 Å². The van der Waals surface area contributed by atoms with E-state index in [4.69, 9.17) is 11.6 Å². The van der Waals surface area contributed by atoms with E-state index in [0.717, 1.165) is 21.8 Å². The lowest BCUT2D eigenvalue weighted by Gasteiger charge is -2.33. The summed E-state index contributed by atoms with van der Waals surface area (Å²) in [6, 6.07) is 11.9. The predicted octanol–water partition coefficient (Wildman–Crippen LogP) is 4.18. The van der Waals surface area contributed by atoms with Gasteiger partial charge in [-0.3, -0.25) is 4.79 Å². The fourth-order valence-corrected chi connectivity index (χ4v) is 5.79. The highest BCUT2D eigenvalue weighted by Gasteiger charge is 2.29. The molecule has 1 amide bonds. The summed E-state index contributed by atoms with van der Waals surface area (Å²) in [6.45, 7) is 4.07. The van der Waals surface area contributed by atoms with Gasteiger partial charge < -0.3 is 4.90 Å². The smallest absolute Gasteiger partial charge is 0.238 e. The molecule has 0 N–H and O–H groups in total. The average Bonchev–Trinajstić information content (AvgIpc) is 3.18. The number of aryl methyl sites for hydroxylation is 1. The number of rotatable bonds is 7. The van der Waals surface area contributed by atoms with Gasteiger partial charge in [0, 0.05) is 30.4 Å². The number of carbonyl (C=O) groups is 1. The monoisotopic (exact) mass is 448 g/mol. The van der Waals surface area contributed by atoms with Gasteiger partial charge in [-0.1, -0.05) is 49.4 Å². The molecule has 0 aliphatic carbocycles. The van der Waals surface area contributed by atoms with Crippen LogP contribution in [0.5, 0.6) is 0 Å². The second-order valence-electron chi connectivity index (χ2n) is 6.27. The molecule has 0 spiro atoms. The highest BCUT2D eigenvalue weighted by molar-refractivity contribution is 7.85. The van der Waals surface area contributed by atoms with Crippen LogP contribution in [0.25, 0.3) is 6.08 Å². The van der Waals surface area contributed by atoms with Gasteiger partial charge in [-0.15, -0.1) is 35.8 Å². The van der Waals surface area contributed by atoms with Crippen molar-refractivity contribution in [3.63, 3.8) is 0 Å². The Kier molecular flexibility index (Phi) is 9.62. The minimum Gasteiger partial charge on any atom is -0.336 e. The highest BCUT2D eigenvalue weighted by Crippen LogP contribution is 2.29. The molecule has 2 heterocycles. The minimum atomic E-state index is -1.31. The van der Waals surface area contributed by atoms with Crippen molar-refractivity contribution in [2.24, 2.45) is 0 Å². The lowest BCUT2D eigenvalue weighted by Crippen LogP contribution is -2.50. The summed E-state index contributed by atoms with van der Waals surface area (Å²) in [4.78, 5) is 15.6. The van der Waals surface area contributed by atoms with E-state index in [-0.39, 0.29) is 12.5 Å². The van der Waals surface area contributed by atoms with Gasteiger partial charge in [0.1, 0.15) is 15.2 Å². The number of terminal acetylenes is 1. The first-order valence-electron chi connectivity index (χ1n) is 9.29. The molecule has 1 atom stereocenters. The standard InChI is InChI=1S/C20H23ClN2O2S2.C2H2/c1-2-18-17(9-6-10-21)13-20(26-18)27(25)23-12-11-22(19(24)15-23)14-16-7-4-3-5-8-16;1-2/h3-9,13H,2,10-12,14-15H2,1H3;1-2H/b9-6-;. The van der Waals surface area contributed by atoms with Crippen LogP contribution in [0.15, 0.2) is 46.7 Å². The van der Waals surface area contributed by atoms with Gasteiger partial charge in [-0.2, -0.15) is 0 Å². The van der Waals surface area contributed by atoms with Gasteiger partial charge >= 0.3 is 0 Å². The zero-order valence-electron chi connectivity index (χ0n) is 16.4. The van der Waals surface area contributed by atoms with Crippen molar-refractivity contribution in [3.05, 3.63) is 58.5 Å². The maximum absolute atomic E-state index is 13.0. The first-order chi connectivity index (χ1) is 14.1. The van der Waals surface area contributed by atoms with Crippen LogP contribution in [0.4, 0.5) is 0 Å². The van der Waals surface area contributed by atoms with Crippen LogP contribution in [-0.4, -0.2) is 44.8 Å². The Morgan fingerprint density at radius 2 is 1.97 bits per heavy atom. The van der Waals surface area contributed by atoms with E-state index in [2.05, 4.69) is 19.8 Å². The van der Waals surface area contributed by atoms with Crippen molar-refractivity contribution < 1.29 is 9.00 Å². The Balaban J connectivity index is 0.00000145. The lowest BCUT2D eigenvalue weighted by atomic mass is 10.2. The van der Waals surface area contributed by atoms with Gasteiger partial charge in [0.05, 0.1) is 6.54 Å². The van der Waals surface area contributed by atoms with E-state index < -0.39 is 11.0 Å². The van der Waals surface area contributed by atoms with Crippen molar-refractivity contribution in [2.45, 2.75) is 24.1 Å². The van der Waals surface area contributed by atoms with Gasteiger partial charge in [0.2, 0.25) is 5.91 Å². The average molecular weight is 449 g/mol. The Morgan fingerprint density at radius 3 is 2.59 bits per heavy atom. The molecule has 7 heteroatoms. The summed E-state index contributed by atoms with van der Waals surface area (Å²) < 4.78 is 15.6. The summed E-state index contributed by atoms with van der Waals surface area (Å²) in [5.41, 5.74) is 2.18. The number of thiophene rings is 1. The topological polar surface area (TPSA) is 40.6 Å². The number of amides is 1. The number of carbonyl (C=O) groups excluding carboxylic acids is 1. The molecule has 4 nitrogen and oxygen atoms in total. The van der Waals surface area contributed by atoms with E-state index in [1.807, 2.05) is 53.5 Å². The molecule has 154 valence electrons. The van der Waals surface area contributed by atoms with Gasteiger partial charge in [0.15, 0.2) is 0 Å². The lowest BCUT2D eigenvalue weighted by molar-refractivity contribution is -0.134. The molecule has 1 saturated heterocycles. The van der Waals surface area contributed by atoms with E-state index in [0.29, 0.717) is 25.5 Å². The van der Waals surface area contributed by atoms with Gasteiger partial charge in [0.25, 0.3) is 0 Å². The number of allylic oxidation sites excluding steroid dienone is 1. The summed E-state index contributed by atoms with van der Waals surface area (Å²) in [5.74, 6) is 0.475. The van der Waals surface area contributed by atoms with Crippen LogP contribution < -0.4 is 0 Å². The zero-order valence-corrected chi connectivity index (χ0v) is 18.8. The van der Waals surface area contributed by atoms with Crippen molar-refractivity contribution in [3.8, 4) is 12.8 Å². The summed E-state index contributed by atoms with van der Waals surface area (Å²) in [7, 11) is -1.31. The fourth-order valence-electron chi connectivity index (χ4n) is 3.02. The van der Waals surface area contributed by atoms with Crippen LogP contribution >= 0.6 is 22.9 Å². The molecule has 1 aliphatic heterocycles. The molecule has 0 saturated carbocycles. The third-order valence-corrected chi connectivity index (χ3v) is 7.62. The number of hydrogen-bond acceptors (Lipinski definition) is 3. The Morgan fingerprint density at radius 1 is 1.24 bits per heavy atom. The number of nitrogens with zero attached hydrogens (tertiary/aromatic N) is 2. The van der Waals surface area contributed by atoms with Crippen LogP contribution in [-0.2, 0) is 28.7 Å². The molecule has 0 radical (unpaired) electrons. The van der Waals surface area contributed by atoms with Crippen LogP contribution in [0, 0.1) is 12.8 Å². The quantitative estimate of drug-likeness (QED) is 0.471. The zero-order chi connectivity index (χ0) is 21.2. The third-order valence-electron chi connectivity index (χ3n) is 4.43. The van der Waals surface area contributed by atoms with Gasteiger partial charge in [-0.25, -0.2) is 8.51 Å². The highest BCUT2D eigenvalue weighted by atomic mass is 35.5. The first kappa shape index (κ1) is 23.4. The minimum absolute atomic E-state index is 0.0213. The molecular weight excluding hydrogens is 424 g/mol. The normalized spacial score (nSPS) is 15.9. The molecular formula is C22H25ClN2O2S2. The second kappa shape index (κ2) is 11.9. The number of piperazine rings is 1. The van der Waals surface area contributed by atoms with Crippen LogP contribution in [0.1, 0.15) is 22.9 Å². The van der Waals surface area contributed by atoms with E-state index in [1.54, 1.807) is 15.6 Å². The number of benzene rings is 1. The largest absolute Gasteiger partial charge is 0.336 e. The van der Waals surface area contributed by atoms with Crippen LogP contribution in [0.2, 0.25) is 0 Å². The molecule has 1 aromatic carbocycles. The molecule has 1 aromatic heterocycles. The Hall–Kier alpha value is -1.91. The molecule has 1 unspecified atom stereocenters. The molecule has 2 aromatic rings. The number of alkyl halides is 1. The van der Waals surface area contributed by atoms with Crippen LogP contribution in [0.3, 0.4) is 0 Å². The number of hydrogen-bond donors (Lipinski definition) is 0. The molecule has 0 bridgehead atoms. The molecule has 1 fully saturated rings. The molecule has 3 rings (SSSR count). The number of halogens is 1. The van der Waals surface area contributed by atoms with Crippen molar-refractivity contribution in [1.29, 1.82) is 0 Å². The molecule has 29 heavy (non-hydrogen) atoms. The van der Waals surface area contributed by atoms with Crippen molar-refractivity contribution in [2.75, 3.05) is 25.5 Å². The van der Waals surface area contributed by atoms with E-state index in [9.17, 15) is 9.00 Å². The molecule has 1 aliphatic rings. The summed E-state index contributed by atoms with van der Waals surface area (Å²) in [5, 5.41) is 0. The fraction of sp³-hybridized carbons (Fsp3) is 0.318. The Bertz CT molecular complexity index is 877. The van der Waals surface area contributed by atoms with Crippen molar-refractivity contribution in [1.82, 2.24) is 9.21 Å². The summed E-state index contributed by atoms with van der Waals surface area (Å²) in [6.07, 6.45) is 12.8. The SMILES string of the molecule is C#C.CCc1sc(S(=O)N2CCN(Cc3ccccc3)C(=O)C2)cc1/C=C\CCl. The van der Waals surface area contributed by atoms with E-state index in [1.165, 1.54) is 4.88 Å². The van der Waals surface area contributed by atoms with Gasteiger partial charge in [-0.05, 0) is 23.6 Å². The summed E-state index contributed by atoms with van der Waals surface area (Å²) >= 11 is 7.29. The second-order valence-corrected chi connectivity index (χ2v) is 9.43. The third kappa shape index (κ3) is 6.28.